The quantitative estimate of drug-likeness (QED) is 0.299. The van der Waals surface area contributed by atoms with Crippen molar-refractivity contribution < 1.29 is 23.9 Å². The average Bonchev–Trinajstić information content (AvgIpc) is 2.68. The summed E-state index contributed by atoms with van der Waals surface area (Å²) in [6, 6.07) is 16.6. The molecule has 0 saturated carbocycles. The Labute approximate surface area is 176 Å². The van der Waals surface area contributed by atoms with Gasteiger partial charge in [0, 0.05) is 16.1 Å². The van der Waals surface area contributed by atoms with Crippen molar-refractivity contribution in [2.75, 3.05) is 0 Å². The van der Waals surface area contributed by atoms with Gasteiger partial charge < -0.3 is 9.47 Å². The molecule has 3 rings (SSSR count). The third-order valence-electron chi connectivity index (χ3n) is 3.87. The lowest BCUT2D eigenvalue weighted by Crippen LogP contribution is -2.12. The van der Waals surface area contributed by atoms with Crippen molar-refractivity contribution in [3.63, 3.8) is 0 Å². The number of ether oxygens (including phenoxy) is 2. The van der Waals surface area contributed by atoms with Gasteiger partial charge in [0.05, 0.1) is 16.7 Å². The second kappa shape index (κ2) is 8.90. The van der Waals surface area contributed by atoms with Crippen molar-refractivity contribution in [2.45, 2.75) is 6.92 Å². The average molecular weight is 429 g/mol. The predicted octanol–water partition coefficient (Wildman–Crippen LogP) is 5.63. The van der Waals surface area contributed by atoms with Gasteiger partial charge in [0.25, 0.3) is 0 Å². The maximum absolute atomic E-state index is 12.4. The molecule has 5 nitrogen and oxygen atoms in total. The second-order valence-electron chi connectivity index (χ2n) is 6.01. The summed E-state index contributed by atoms with van der Waals surface area (Å²) in [6.45, 7) is 1.34. The Kier molecular flexibility index (Phi) is 6.32. The highest BCUT2D eigenvalue weighted by atomic mass is 35.5. The van der Waals surface area contributed by atoms with Crippen LogP contribution in [-0.4, -0.2) is 17.7 Å². The molecule has 29 heavy (non-hydrogen) atoms. The van der Waals surface area contributed by atoms with Crippen LogP contribution >= 0.6 is 23.2 Å². The Morgan fingerprint density at radius 2 is 1.28 bits per heavy atom. The van der Waals surface area contributed by atoms with E-state index in [4.69, 9.17) is 32.7 Å². The number of Topliss-reactive ketones (excluding diaryl/α,β-unsaturated/α-hetero) is 1. The van der Waals surface area contributed by atoms with Gasteiger partial charge in [0.15, 0.2) is 5.78 Å². The van der Waals surface area contributed by atoms with E-state index in [2.05, 4.69) is 0 Å². The third-order valence-corrected chi connectivity index (χ3v) is 4.34. The van der Waals surface area contributed by atoms with E-state index in [-0.39, 0.29) is 34.0 Å². The molecule has 0 amide bonds. The molecule has 0 fully saturated rings. The van der Waals surface area contributed by atoms with Crippen LogP contribution in [0.2, 0.25) is 10.0 Å². The SMILES string of the molecule is CC(=O)c1ccc(OC(=O)c2cccc(Cl)c2)cc1OC(=O)c1cccc(Cl)c1. The van der Waals surface area contributed by atoms with Crippen LogP contribution in [0.25, 0.3) is 0 Å². The molecule has 0 radical (unpaired) electrons. The molecule has 0 bridgehead atoms. The summed E-state index contributed by atoms with van der Waals surface area (Å²) in [6.07, 6.45) is 0. The van der Waals surface area contributed by atoms with E-state index in [0.29, 0.717) is 10.0 Å². The van der Waals surface area contributed by atoms with Gasteiger partial charge >= 0.3 is 11.9 Å². The summed E-state index contributed by atoms with van der Waals surface area (Å²) in [7, 11) is 0. The molecule has 0 spiro atoms. The molecule has 0 N–H and O–H groups in total. The first-order chi connectivity index (χ1) is 13.8. The van der Waals surface area contributed by atoms with Crippen LogP contribution in [0.1, 0.15) is 38.0 Å². The van der Waals surface area contributed by atoms with Gasteiger partial charge in [-0.05, 0) is 55.5 Å². The Balaban J connectivity index is 1.87. The molecule has 0 aliphatic carbocycles. The number of hydrogen-bond donors (Lipinski definition) is 0. The van der Waals surface area contributed by atoms with Gasteiger partial charge in [-0.3, -0.25) is 4.79 Å². The first-order valence-electron chi connectivity index (χ1n) is 8.44. The monoisotopic (exact) mass is 428 g/mol. The smallest absolute Gasteiger partial charge is 0.343 e. The zero-order valence-corrected chi connectivity index (χ0v) is 16.7. The molecule has 0 aliphatic rings. The van der Waals surface area contributed by atoms with Crippen molar-refractivity contribution in [1.82, 2.24) is 0 Å². The number of carbonyl (C=O) groups is 3. The fourth-order valence-electron chi connectivity index (χ4n) is 2.50. The van der Waals surface area contributed by atoms with E-state index in [1.165, 1.54) is 43.3 Å². The maximum Gasteiger partial charge on any atom is 0.343 e. The van der Waals surface area contributed by atoms with Crippen molar-refractivity contribution in [3.05, 3.63) is 93.5 Å². The highest BCUT2D eigenvalue weighted by Gasteiger charge is 2.17. The fourth-order valence-corrected chi connectivity index (χ4v) is 2.88. The standard InChI is InChI=1S/C22H14Cl2O5/c1-13(25)19-9-8-18(28-21(26)14-4-2-6-16(23)10-14)12-20(19)29-22(27)15-5-3-7-17(24)11-15/h2-12H,1H3. The van der Waals surface area contributed by atoms with E-state index >= 15 is 0 Å². The number of rotatable bonds is 5. The summed E-state index contributed by atoms with van der Waals surface area (Å²) >= 11 is 11.8. The molecular formula is C22H14Cl2O5. The highest BCUT2D eigenvalue weighted by Crippen LogP contribution is 2.27. The van der Waals surface area contributed by atoms with Crippen LogP contribution in [0.5, 0.6) is 11.5 Å². The number of benzene rings is 3. The molecule has 3 aromatic carbocycles. The Hall–Kier alpha value is -3.15. The van der Waals surface area contributed by atoms with Crippen LogP contribution in [0.15, 0.2) is 66.7 Å². The van der Waals surface area contributed by atoms with Crippen molar-refractivity contribution >= 4 is 40.9 Å². The van der Waals surface area contributed by atoms with E-state index in [1.54, 1.807) is 30.3 Å². The van der Waals surface area contributed by atoms with Crippen LogP contribution < -0.4 is 9.47 Å². The maximum atomic E-state index is 12.4. The van der Waals surface area contributed by atoms with Crippen LogP contribution in [-0.2, 0) is 0 Å². The van der Waals surface area contributed by atoms with E-state index in [9.17, 15) is 14.4 Å². The Bertz CT molecular complexity index is 1110. The molecular weight excluding hydrogens is 415 g/mol. The number of esters is 2. The Morgan fingerprint density at radius 3 is 1.79 bits per heavy atom. The predicted molar refractivity (Wildman–Crippen MR) is 109 cm³/mol. The van der Waals surface area contributed by atoms with Crippen LogP contribution in [0.4, 0.5) is 0 Å². The van der Waals surface area contributed by atoms with Gasteiger partial charge in [-0.25, -0.2) is 9.59 Å². The molecule has 0 aromatic heterocycles. The first-order valence-corrected chi connectivity index (χ1v) is 9.19. The number of carbonyl (C=O) groups excluding carboxylic acids is 3. The van der Waals surface area contributed by atoms with Crippen molar-refractivity contribution in [2.24, 2.45) is 0 Å². The first kappa shape index (κ1) is 20.6. The number of ketones is 1. The van der Waals surface area contributed by atoms with Crippen molar-refractivity contribution in [3.8, 4) is 11.5 Å². The molecule has 0 heterocycles. The summed E-state index contributed by atoms with van der Waals surface area (Å²) in [5.74, 6) is -1.58. The van der Waals surface area contributed by atoms with Gasteiger partial charge in [-0.15, -0.1) is 0 Å². The molecule has 0 unspecified atom stereocenters. The van der Waals surface area contributed by atoms with Crippen LogP contribution in [0, 0.1) is 0 Å². The van der Waals surface area contributed by atoms with Crippen molar-refractivity contribution in [1.29, 1.82) is 0 Å². The lowest BCUT2D eigenvalue weighted by molar-refractivity contribution is 0.0732. The van der Waals surface area contributed by atoms with Gasteiger partial charge in [-0.1, -0.05) is 35.3 Å². The lowest BCUT2D eigenvalue weighted by atomic mass is 10.1. The molecule has 0 atom stereocenters. The van der Waals surface area contributed by atoms with E-state index in [0.717, 1.165) is 0 Å². The van der Waals surface area contributed by atoms with E-state index < -0.39 is 11.9 Å². The molecule has 146 valence electrons. The lowest BCUT2D eigenvalue weighted by Gasteiger charge is -2.11. The van der Waals surface area contributed by atoms with E-state index in [1.807, 2.05) is 0 Å². The fraction of sp³-hybridized carbons (Fsp3) is 0.0455. The normalized spacial score (nSPS) is 10.3. The topological polar surface area (TPSA) is 69.7 Å². The number of hydrogen-bond acceptors (Lipinski definition) is 5. The minimum atomic E-state index is -0.701. The molecule has 0 saturated heterocycles. The zero-order valence-electron chi connectivity index (χ0n) is 15.1. The third kappa shape index (κ3) is 5.22. The van der Waals surface area contributed by atoms with Gasteiger partial charge in [0.1, 0.15) is 11.5 Å². The minimum absolute atomic E-state index is 0.0288. The second-order valence-corrected chi connectivity index (χ2v) is 6.89. The highest BCUT2D eigenvalue weighted by molar-refractivity contribution is 6.31. The molecule has 7 heteroatoms. The molecule has 3 aromatic rings. The molecule has 0 aliphatic heterocycles. The van der Waals surface area contributed by atoms with Gasteiger partial charge in [-0.2, -0.15) is 0 Å². The largest absolute Gasteiger partial charge is 0.423 e. The summed E-state index contributed by atoms with van der Waals surface area (Å²) in [5.41, 5.74) is 0.641. The van der Waals surface area contributed by atoms with Gasteiger partial charge in [0.2, 0.25) is 0 Å². The minimum Gasteiger partial charge on any atom is -0.423 e. The summed E-state index contributed by atoms with van der Waals surface area (Å²) in [4.78, 5) is 36.6. The summed E-state index contributed by atoms with van der Waals surface area (Å²) < 4.78 is 10.7. The number of halogens is 2. The zero-order chi connectivity index (χ0) is 21.0. The summed E-state index contributed by atoms with van der Waals surface area (Å²) in [5, 5.41) is 0.762. The van der Waals surface area contributed by atoms with Crippen LogP contribution in [0.3, 0.4) is 0 Å². The Morgan fingerprint density at radius 1 is 0.724 bits per heavy atom.